The molecule has 1 aromatic rings. The second-order valence-corrected chi connectivity index (χ2v) is 7.06. The van der Waals surface area contributed by atoms with Crippen LogP contribution in [0.15, 0.2) is 17.2 Å². The van der Waals surface area contributed by atoms with Crippen LogP contribution in [-0.2, 0) is 22.4 Å². The van der Waals surface area contributed by atoms with Crippen LogP contribution in [0.3, 0.4) is 0 Å². The van der Waals surface area contributed by atoms with Gasteiger partial charge in [-0.3, -0.25) is 0 Å². The molecule has 0 saturated carbocycles. The molecule has 1 atom stereocenters. The molecule has 1 aliphatic rings. The van der Waals surface area contributed by atoms with Crippen molar-refractivity contribution in [1.29, 1.82) is 0 Å². The van der Waals surface area contributed by atoms with E-state index >= 15 is 0 Å². The lowest BCUT2D eigenvalue weighted by Gasteiger charge is -2.22. The van der Waals surface area contributed by atoms with Crippen molar-refractivity contribution < 1.29 is 8.42 Å². The van der Waals surface area contributed by atoms with Gasteiger partial charge in [0.2, 0.25) is 10.0 Å². The Morgan fingerprint density at radius 3 is 2.68 bits per heavy atom. The fourth-order valence-corrected chi connectivity index (χ4v) is 4.80. The minimum absolute atomic E-state index is 0.148. The van der Waals surface area contributed by atoms with Gasteiger partial charge in [0.15, 0.2) is 0 Å². The largest absolute Gasteiger partial charge is 0.349 e. The van der Waals surface area contributed by atoms with Crippen LogP contribution in [0.5, 0.6) is 0 Å². The van der Waals surface area contributed by atoms with Crippen LogP contribution in [0.2, 0.25) is 0 Å². The summed E-state index contributed by atoms with van der Waals surface area (Å²) in [6.07, 6.45) is 4.50. The number of rotatable bonds is 5. The highest BCUT2D eigenvalue weighted by Gasteiger charge is 2.34. The van der Waals surface area contributed by atoms with E-state index in [0.717, 1.165) is 31.5 Å². The maximum Gasteiger partial charge on any atom is 0.244 e. The van der Waals surface area contributed by atoms with Crippen molar-refractivity contribution in [2.45, 2.75) is 56.5 Å². The van der Waals surface area contributed by atoms with Gasteiger partial charge in [-0.05, 0) is 32.3 Å². The van der Waals surface area contributed by atoms with Crippen molar-refractivity contribution >= 4 is 21.6 Å². The molecule has 0 radical (unpaired) electrons. The first-order valence-electron chi connectivity index (χ1n) is 6.81. The van der Waals surface area contributed by atoms with Crippen LogP contribution in [0.1, 0.15) is 38.8 Å². The van der Waals surface area contributed by atoms with E-state index < -0.39 is 10.0 Å². The molecule has 6 heteroatoms. The second kappa shape index (κ2) is 5.85. The lowest BCUT2D eigenvalue weighted by Crippen LogP contribution is -2.34. The Labute approximate surface area is 120 Å². The topological polar surface area (TPSA) is 42.3 Å². The van der Waals surface area contributed by atoms with Gasteiger partial charge in [0.05, 0.1) is 5.88 Å². The molecule has 0 aromatic carbocycles. The Bertz CT molecular complexity index is 517. The van der Waals surface area contributed by atoms with E-state index in [1.54, 1.807) is 16.6 Å². The first-order chi connectivity index (χ1) is 9.04. The van der Waals surface area contributed by atoms with Gasteiger partial charge in [-0.25, -0.2) is 8.42 Å². The molecule has 0 aliphatic carbocycles. The van der Waals surface area contributed by atoms with Gasteiger partial charge in [0.1, 0.15) is 4.90 Å². The number of alkyl halides is 1. The number of aromatic nitrogens is 1. The summed E-state index contributed by atoms with van der Waals surface area (Å²) >= 11 is 5.86. The van der Waals surface area contributed by atoms with Crippen LogP contribution in [-0.4, -0.2) is 29.9 Å². The second-order valence-electron chi connectivity index (χ2n) is 4.91. The Hall–Kier alpha value is -0.520. The highest BCUT2D eigenvalue weighted by Crippen LogP contribution is 2.28. The first kappa shape index (κ1) is 14.9. The van der Waals surface area contributed by atoms with Gasteiger partial charge in [-0.2, -0.15) is 4.31 Å². The molecule has 1 aromatic heterocycles. The molecule has 19 heavy (non-hydrogen) atoms. The van der Waals surface area contributed by atoms with Gasteiger partial charge < -0.3 is 4.57 Å². The number of sulfonamides is 1. The summed E-state index contributed by atoms with van der Waals surface area (Å²) in [6.45, 7) is 5.39. The fraction of sp³-hybridized carbons (Fsp3) is 0.692. The molecule has 2 rings (SSSR count). The van der Waals surface area contributed by atoms with E-state index in [-0.39, 0.29) is 6.04 Å². The van der Waals surface area contributed by atoms with Crippen LogP contribution in [0.25, 0.3) is 0 Å². The van der Waals surface area contributed by atoms with E-state index in [4.69, 9.17) is 11.6 Å². The molecule has 1 fully saturated rings. The summed E-state index contributed by atoms with van der Waals surface area (Å²) < 4.78 is 28.9. The van der Waals surface area contributed by atoms with Crippen molar-refractivity contribution in [1.82, 2.24) is 8.87 Å². The summed E-state index contributed by atoms with van der Waals surface area (Å²) in [5.74, 6) is 0.334. The predicted octanol–water partition coefficient (Wildman–Crippen LogP) is 2.81. The molecule has 2 heterocycles. The normalized spacial score (nSPS) is 21.1. The highest BCUT2D eigenvalue weighted by atomic mass is 35.5. The Kier molecular flexibility index (Phi) is 4.58. The predicted molar refractivity (Wildman–Crippen MR) is 76.9 cm³/mol. The van der Waals surface area contributed by atoms with E-state index in [2.05, 4.69) is 0 Å². The standard InChI is InChI=1S/C13H21ClN2O2S/c1-3-11-6-5-7-16(11)19(17,18)13-8-12(9-14)15(4-2)10-13/h8,10-11H,3-7,9H2,1-2H3. The molecule has 0 amide bonds. The SMILES string of the molecule is CCC1CCCN1S(=O)(=O)c1cc(CCl)n(CC)c1. The molecule has 1 aliphatic heterocycles. The number of halogens is 1. The van der Waals surface area contributed by atoms with Crippen LogP contribution >= 0.6 is 11.6 Å². The number of nitrogens with zero attached hydrogens (tertiary/aromatic N) is 2. The van der Waals surface area contributed by atoms with Crippen molar-refractivity contribution in [2.24, 2.45) is 0 Å². The summed E-state index contributed by atoms with van der Waals surface area (Å²) in [5, 5.41) is 0. The smallest absolute Gasteiger partial charge is 0.244 e. The quantitative estimate of drug-likeness (QED) is 0.785. The van der Waals surface area contributed by atoms with Gasteiger partial charge in [0.25, 0.3) is 0 Å². The van der Waals surface area contributed by atoms with Gasteiger partial charge >= 0.3 is 0 Å². The molecule has 108 valence electrons. The van der Waals surface area contributed by atoms with E-state index in [1.807, 2.05) is 18.4 Å². The molecule has 1 saturated heterocycles. The third-order valence-corrected chi connectivity index (χ3v) is 6.03. The fourth-order valence-electron chi connectivity index (χ4n) is 2.74. The minimum atomic E-state index is -3.37. The van der Waals surface area contributed by atoms with E-state index in [9.17, 15) is 8.42 Å². The summed E-state index contributed by atoms with van der Waals surface area (Å²) in [5.41, 5.74) is 0.856. The molecule has 1 unspecified atom stereocenters. The third-order valence-electron chi connectivity index (χ3n) is 3.84. The minimum Gasteiger partial charge on any atom is -0.349 e. The van der Waals surface area contributed by atoms with Crippen molar-refractivity contribution in [3.8, 4) is 0 Å². The van der Waals surface area contributed by atoms with E-state index in [1.165, 1.54) is 0 Å². The van der Waals surface area contributed by atoms with Crippen LogP contribution < -0.4 is 0 Å². The Morgan fingerprint density at radius 1 is 1.42 bits per heavy atom. The molecule has 0 N–H and O–H groups in total. The van der Waals surface area contributed by atoms with Crippen LogP contribution in [0, 0.1) is 0 Å². The molecule has 0 bridgehead atoms. The average molecular weight is 305 g/mol. The van der Waals surface area contributed by atoms with Gasteiger partial charge in [-0.15, -0.1) is 11.6 Å². The molecular weight excluding hydrogens is 284 g/mol. The lowest BCUT2D eigenvalue weighted by atomic mass is 10.2. The maximum atomic E-state index is 12.7. The summed E-state index contributed by atoms with van der Waals surface area (Å²) in [4.78, 5) is 0.380. The van der Waals surface area contributed by atoms with E-state index in [0.29, 0.717) is 17.3 Å². The zero-order chi connectivity index (χ0) is 14.0. The van der Waals surface area contributed by atoms with Crippen molar-refractivity contribution in [3.05, 3.63) is 18.0 Å². The summed E-state index contributed by atoms with van der Waals surface area (Å²) in [6, 6.07) is 1.85. The molecule has 0 spiro atoms. The maximum absolute atomic E-state index is 12.7. The summed E-state index contributed by atoms with van der Waals surface area (Å²) in [7, 11) is -3.37. The first-order valence-corrected chi connectivity index (χ1v) is 8.78. The Balaban J connectivity index is 2.36. The number of hydrogen-bond donors (Lipinski definition) is 0. The number of aryl methyl sites for hydroxylation is 1. The lowest BCUT2D eigenvalue weighted by molar-refractivity contribution is 0.379. The number of hydrogen-bond acceptors (Lipinski definition) is 2. The third kappa shape index (κ3) is 2.69. The average Bonchev–Trinajstić information content (AvgIpc) is 3.04. The highest BCUT2D eigenvalue weighted by molar-refractivity contribution is 7.89. The Morgan fingerprint density at radius 2 is 2.16 bits per heavy atom. The monoisotopic (exact) mass is 304 g/mol. The molecular formula is C13H21ClN2O2S. The zero-order valence-corrected chi connectivity index (χ0v) is 13.0. The van der Waals surface area contributed by atoms with Gasteiger partial charge in [0, 0.05) is 31.0 Å². The van der Waals surface area contributed by atoms with Crippen molar-refractivity contribution in [3.63, 3.8) is 0 Å². The molecule has 4 nitrogen and oxygen atoms in total. The van der Waals surface area contributed by atoms with Gasteiger partial charge in [-0.1, -0.05) is 6.92 Å². The van der Waals surface area contributed by atoms with Crippen molar-refractivity contribution in [2.75, 3.05) is 6.54 Å². The van der Waals surface area contributed by atoms with Crippen LogP contribution in [0.4, 0.5) is 0 Å². The zero-order valence-electron chi connectivity index (χ0n) is 11.5.